The second kappa shape index (κ2) is 24.7. The fourth-order valence-electron chi connectivity index (χ4n) is 9.77. The molecule has 2 saturated heterocycles. The van der Waals surface area contributed by atoms with Crippen molar-refractivity contribution in [2.24, 2.45) is 0 Å². The molecule has 0 bridgehead atoms. The third kappa shape index (κ3) is 12.2. The lowest BCUT2D eigenvalue weighted by atomic mass is 10.00. The summed E-state index contributed by atoms with van der Waals surface area (Å²) in [6, 6.07) is 36.8. The van der Waals surface area contributed by atoms with Gasteiger partial charge in [0.2, 0.25) is 12.1 Å². The minimum Gasteiger partial charge on any atom is -0.448 e. The van der Waals surface area contributed by atoms with Crippen LogP contribution in [0.2, 0.25) is 5.04 Å². The van der Waals surface area contributed by atoms with Gasteiger partial charge in [0.25, 0.3) is 14.2 Å². The molecule has 2 fully saturated rings. The minimum absolute atomic E-state index is 0.00810. The molecular formula is C58H60N6O14SSi. The molecular weight excluding hydrogens is 1060 g/mol. The number of amides is 6. The van der Waals surface area contributed by atoms with Gasteiger partial charge in [-0.3, -0.25) is 43.4 Å². The molecule has 0 aliphatic carbocycles. The monoisotopic (exact) mass is 1120 g/mol. The van der Waals surface area contributed by atoms with Crippen LogP contribution in [0.25, 0.3) is 0 Å². The molecule has 0 spiro atoms. The van der Waals surface area contributed by atoms with E-state index in [1.54, 1.807) is 67.6 Å². The molecule has 416 valence electrons. The van der Waals surface area contributed by atoms with Gasteiger partial charge >= 0.3 is 41.7 Å². The maximum absolute atomic E-state index is 15.3. The van der Waals surface area contributed by atoms with Crippen LogP contribution in [0, 0.1) is 0 Å². The molecule has 4 atom stereocenters. The van der Waals surface area contributed by atoms with E-state index in [1.807, 2.05) is 60.7 Å². The number of piperazine rings is 1. The van der Waals surface area contributed by atoms with Crippen molar-refractivity contribution in [3.8, 4) is 11.5 Å². The summed E-state index contributed by atoms with van der Waals surface area (Å²) in [6.07, 6.45) is -2.90. The van der Waals surface area contributed by atoms with Crippen molar-refractivity contribution in [1.82, 2.24) is 30.8 Å². The summed E-state index contributed by atoms with van der Waals surface area (Å²) in [5, 5.41) is 5.65. The number of benzene rings is 5. The molecule has 3 aliphatic rings. The first-order chi connectivity index (χ1) is 38.2. The number of hydroxylamine groups is 1. The van der Waals surface area contributed by atoms with Gasteiger partial charge in [-0.1, -0.05) is 148 Å². The van der Waals surface area contributed by atoms with E-state index in [1.165, 1.54) is 33.7 Å². The Morgan fingerprint density at radius 1 is 0.662 bits per heavy atom. The number of thioether (sulfide) groups is 1. The van der Waals surface area contributed by atoms with Gasteiger partial charge in [-0.05, 0) is 51.2 Å². The zero-order valence-corrected chi connectivity index (χ0v) is 46.8. The number of β-lactam (4-membered cyclic amide) rings is 1. The van der Waals surface area contributed by atoms with E-state index in [9.17, 15) is 28.8 Å². The minimum atomic E-state index is -3.30. The maximum atomic E-state index is 15.3. The molecule has 5 aromatic rings. The number of nitrogens with zero attached hydrogens (tertiary/aromatic N) is 3. The molecule has 3 heterocycles. The predicted molar refractivity (Wildman–Crippen MR) is 295 cm³/mol. The molecule has 22 heteroatoms. The van der Waals surface area contributed by atoms with Gasteiger partial charge < -0.3 is 39.0 Å². The van der Waals surface area contributed by atoms with Crippen LogP contribution in [0.4, 0.5) is 4.79 Å². The second-order valence-corrected chi connectivity index (χ2v) is 25.2. The quantitative estimate of drug-likeness (QED) is 0.0200. The van der Waals surface area contributed by atoms with Gasteiger partial charge in [0.05, 0.1) is 0 Å². The summed E-state index contributed by atoms with van der Waals surface area (Å²) in [7, 11) is -3.30. The molecule has 2 unspecified atom stereocenters. The zero-order valence-electron chi connectivity index (χ0n) is 45.0. The highest BCUT2D eigenvalue weighted by molar-refractivity contribution is 8.00. The van der Waals surface area contributed by atoms with Crippen LogP contribution < -0.4 is 36.0 Å². The summed E-state index contributed by atoms with van der Waals surface area (Å²) in [5.41, 5.74) is 3.76. The Labute approximate surface area is 467 Å². The van der Waals surface area contributed by atoms with Crippen LogP contribution in [-0.4, -0.2) is 120 Å². The summed E-state index contributed by atoms with van der Waals surface area (Å²) < 4.78 is 29.9. The number of carbonyl (C=O) groups excluding carboxylic acids is 9. The van der Waals surface area contributed by atoms with Gasteiger partial charge in [0.15, 0.2) is 17.6 Å². The first kappa shape index (κ1) is 57.7. The number of ether oxygens (including phenoxy) is 4. The van der Waals surface area contributed by atoms with E-state index in [2.05, 4.69) is 36.9 Å². The van der Waals surface area contributed by atoms with E-state index in [0.717, 1.165) is 37.2 Å². The summed E-state index contributed by atoms with van der Waals surface area (Å²) >= 11 is 1.18. The first-order valence-electron chi connectivity index (χ1n) is 25.7. The molecule has 20 nitrogen and oxygen atoms in total. The third-order valence-corrected chi connectivity index (χ3v) is 19.7. The van der Waals surface area contributed by atoms with Crippen molar-refractivity contribution in [1.29, 1.82) is 0 Å². The van der Waals surface area contributed by atoms with E-state index in [0.29, 0.717) is 16.0 Å². The molecule has 6 amide bonds. The van der Waals surface area contributed by atoms with Crippen LogP contribution in [-0.2, 0) is 52.4 Å². The van der Waals surface area contributed by atoms with E-state index in [4.69, 9.17) is 23.5 Å². The molecule has 5 aromatic carbocycles. The number of fused-ring (bicyclic) bond motifs is 1. The van der Waals surface area contributed by atoms with Gasteiger partial charge in [-0.25, -0.2) is 9.59 Å². The Kier molecular flexibility index (Phi) is 17.8. The van der Waals surface area contributed by atoms with Crippen LogP contribution >= 0.6 is 11.8 Å². The fourth-order valence-corrected chi connectivity index (χ4v) is 15.4. The van der Waals surface area contributed by atoms with Gasteiger partial charge in [0, 0.05) is 51.7 Å². The SMILES string of the molecule is CCN1CCN(C(=O)NC(C(=O)NC(OC(C)=O)C2=C(C(=O)OC(c3ccccc3)c3ccccc3)N3C(=O)[C@@H](NO[Si](c4ccccc4)(c4ccccc4)C(C)(C)C)[C@H]3SC2)c2ccc(OC(C)=O)c(OC(C)=O)c2)C(=O)C1=O. The Balaban J connectivity index is 1.21. The number of carbonyl (C=O) groups is 9. The van der Waals surface area contributed by atoms with Crippen LogP contribution in [0.3, 0.4) is 0 Å². The predicted octanol–water partition coefficient (Wildman–Crippen LogP) is 4.94. The Morgan fingerprint density at radius 3 is 1.74 bits per heavy atom. The van der Waals surface area contributed by atoms with E-state index < -0.39 is 96.7 Å². The van der Waals surface area contributed by atoms with Crippen molar-refractivity contribution in [2.75, 3.05) is 25.4 Å². The number of likely N-dealkylation sites (N-methyl/N-ethyl adjacent to an activating group) is 1. The van der Waals surface area contributed by atoms with Crippen LogP contribution in [0.15, 0.2) is 151 Å². The lowest BCUT2D eigenvalue weighted by Crippen LogP contribution is -2.74. The van der Waals surface area contributed by atoms with Crippen LogP contribution in [0.1, 0.15) is 77.3 Å². The number of esters is 4. The molecule has 0 saturated carbocycles. The summed E-state index contributed by atoms with van der Waals surface area (Å²) in [6.45, 7) is 11.1. The first-order valence-corrected chi connectivity index (χ1v) is 28.6. The third-order valence-electron chi connectivity index (χ3n) is 13.5. The maximum Gasteiger partial charge on any atom is 0.356 e. The van der Waals surface area contributed by atoms with Crippen molar-refractivity contribution in [3.05, 3.63) is 167 Å². The highest BCUT2D eigenvalue weighted by Gasteiger charge is 2.58. The summed E-state index contributed by atoms with van der Waals surface area (Å²) in [5.74, 6) is -8.21. The van der Waals surface area contributed by atoms with E-state index >= 15 is 14.4 Å². The highest BCUT2D eigenvalue weighted by Crippen LogP contribution is 2.44. The van der Waals surface area contributed by atoms with Crippen molar-refractivity contribution in [3.63, 3.8) is 0 Å². The molecule has 8 rings (SSSR count). The molecule has 3 N–H and O–H groups in total. The summed E-state index contributed by atoms with van der Waals surface area (Å²) in [4.78, 5) is 127. The number of hydrogen-bond acceptors (Lipinski definition) is 16. The number of rotatable bonds is 18. The lowest BCUT2D eigenvalue weighted by Gasteiger charge is -2.51. The fraction of sp³-hybridized carbons (Fsp3) is 0.293. The van der Waals surface area contributed by atoms with Crippen molar-refractivity contribution < 1.29 is 66.6 Å². The Hall–Kier alpha value is -8.44. The van der Waals surface area contributed by atoms with Crippen LogP contribution in [0.5, 0.6) is 11.5 Å². The number of urea groups is 1. The average molecular weight is 1130 g/mol. The standard InChI is InChI=1S/C58H60N6O14SSi/c1-8-62-31-32-63(54(71)53(62)70)57(73)59-46(40-29-30-44(74-35(2)65)45(33-40)75-36(3)66)50(68)60-51(76-37(4)67)43-34-79-55-47(61-78-80(58(5,6)7,41-25-17-11-18-26-41)42-27-19-12-20-28-42)52(69)64(55)48(43)56(72)77-49(38-21-13-9-14-22-38)39-23-15-10-16-24-39/h9-30,33,46-47,49,51,55,61H,8,31-32,34H2,1-7H3,(H,59,73)(H,60,68)/t46?,47-,51?,55-/m1/s1. The number of imide groups is 1. The van der Waals surface area contributed by atoms with Gasteiger partial charge in [0.1, 0.15) is 23.2 Å². The highest BCUT2D eigenvalue weighted by atomic mass is 32.2. The van der Waals surface area contributed by atoms with Crippen molar-refractivity contribution in [2.45, 2.75) is 83.3 Å². The number of hydrogen-bond donors (Lipinski definition) is 3. The topological polar surface area (TPSA) is 246 Å². The second-order valence-electron chi connectivity index (χ2n) is 19.9. The smallest absolute Gasteiger partial charge is 0.356 e. The number of nitrogens with one attached hydrogen (secondary N) is 3. The molecule has 0 aromatic heterocycles. The Bertz CT molecular complexity index is 3140. The van der Waals surface area contributed by atoms with E-state index in [-0.39, 0.29) is 53.7 Å². The van der Waals surface area contributed by atoms with Crippen molar-refractivity contribution >= 4 is 84.0 Å². The lowest BCUT2D eigenvalue weighted by molar-refractivity contribution is -0.157. The van der Waals surface area contributed by atoms with Gasteiger partial charge in [-0.2, -0.15) is 5.48 Å². The average Bonchev–Trinajstić information content (AvgIpc) is 3.46. The zero-order chi connectivity index (χ0) is 57.5. The normalized spacial score (nSPS) is 17.1. The Morgan fingerprint density at radius 2 is 1.21 bits per heavy atom. The van der Waals surface area contributed by atoms with Gasteiger partial charge in [-0.15, -0.1) is 11.8 Å². The largest absolute Gasteiger partial charge is 0.448 e. The molecule has 0 radical (unpaired) electrons. The molecule has 3 aliphatic heterocycles. The molecule has 80 heavy (non-hydrogen) atoms.